The highest BCUT2D eigenvalue weighted by Gasteiger charge is 2.55. The molecule has 0 nitrogen and oxygen atoms in total. The minimum absolute atomic E-state index is 0.566. The van der Waals surface area contributed by atoms with Crippen LogP contribution in [0.3, 0.4) is 0 Å². The maximum atomic E-state index is 3.98. The fourth-order valence-electron chi connectivity index (χ4n) is 3.77. The first kappa shape index (κ1) is 11.9. The Morgan fingerprint density at radius 3 is 2.78 bits per heavy atom. The van der Waals surface area contributed by atoms with Crippen LogP contribution in [0.1, 0.15) is 29.7 Å². The Morgan fingerprint density at radius 1 is 1.22 bits per heavy atom. The molecule has 2 aromatic rings. The predicted octanol–water partition coefficient (Wildman–Crippen LogP) is 6.15. The summed E-state index contributed by atoms with van der Waals surface area (Å²) < 4.78 is 2.62. The molecule has 1 heterocycles. The van der Waals surface area contributed by atoms with E-state index in [1.807, 2.05) is 11.3 Å². The van der Waals surface area contributed by atoms with Gasteiger partial charge in [-0.2, -0.15) is 0 Å². The normalized spacial score (nSPS) is 31.6. The van der Waals surface area contributed by atoms with Crippen molar-refractivity contribution in [1.82, 2.24) is 0 Å². The summed E-state index contributed by atoms with van der Waals surface area (Å²) in [7, 11) is 0. The third-order valence-electron chi connectivity index (χ3n) is 4.69. The lowest BCUT2D eigenvalue weighted by Gasteiger charge is -2.11. The van der Waals surface area contributed by atoms with Gasteiger partial charge in [0.25, 0.3) is 0 Å². The maximum absolute atomic E-state index is 3.98. The molecule has 0 bridgehead atoms. The Morgan fingerprint density at radius 2 is 2.00 bits per heavy atom. The zero-order chi connectivity index (χ0) is 12.3. The van der Waals surface area contributed by atoms with Crippen LogP contribution in [0.15, 0.2) is 28.1 Å². The largest absolute Gasteiger partial charge is 0.142 e. The molecule has 0 N–H and O–H groups in total. The summed E-state index contributed by atoms with van der Waals surface area (Å²) in [5, 5.41) is 3.78. The number of rotatable bonds is 2. The van der Waals surface area contributed by atoms with Crippen molar-refractivity contribution in [2.45, 2.75) is 24.1 Å². The van der Waals surface area contributed by atoms with E-state index >= 15 is 0 Å². The second kappa shape index (κ2) is 4.32. The third-order valence-corrected chi connectivity index (χ3v) is 7.76. The van der Waals surface area contributed by atoms with Crippen molar-refractivity contribution in [3.8, 4) is 0 Å². The van der Waals surface area contributed by atoms with E-state index in [0.29, 0.717) is 4.83 Å². The van der Waals surface area contributed by atoms with E-state index in [1.54, 1.807) is 0 Å². The Balaban J connectivity index is 1.72. The highest BCUT2D eigenvalue weighted by molar-refractivity contribution is 9.10. The molecule has 2 saturated carbocycles. The monoisotopic (exact) mass is 384 g/mol. The fraction of sp³-hybridized carbons (Fsp3) is 0.467. The molecule has 18 heavy (non-hydrogen) atoms. The topological polar surface area (TPSA) is 0 Å². The van der Waals surface area contributed by atoms with E-state index in [9.17, 15) is 0 Å². The molecule has 3 unspecified atom stereocenters. The molecule has 4 rings (SSSR count). The molecule has 3 heteroatoms. The van der Waals surface area contributed by atoms with Crippen molar-refractivity contribution in [3.05, 3.63) is 33.6 Å². The summed E-state index contributed by atoms with van der Waals surface area (Å²) in [6, 6.07) is 6.55. The number of halogens is 2. The Kier molecular flexibility index (Phi) is 2.86. The Bertz CT molecular complexity index is 594. The SMILES string of the molecule is Brc1cccc2c(C(Br)C3C4CCCC43)csc12. The van der Waals surface area contributed by atoms with Gasteiger partial charge in [0.15, 0.2) is 0 Å². The lowest BCUT2D eigenvalue weighted by molar-refractivity contribution is 0.585. The highest BCUT2D eigenvalue weighted by atomic mass is 79.9. The van der Waals surface area contributed by atoms with E-state index in [0.717, 1.165) is 17.8 Å². The zero-order valence-electron chi connectivity index (χ0n) is 9.90. The van der Waals surface area contributed by atoms with E-state index in [1.165, 1.54) is 39.4 Å². The van der Waals surface area contributed by atoms with Gasteiger partial charge in [-0.1, -0.05) is 34.5 Å². The van der Waals surface area contributed by atoms with Gasteiger partial charge in [0.2, 0.25) is 0 Å². The second-order valence-electron chi connectivity index (χ2n) is 5.55. The third kappa shape index (κ3) is 1.66. The van der Waals surface area contributed by atoms with Gasteiger partial charge < -0.3 is 0 Å². The average Bonchev–Trinajstić information content (AvgIpc) is 2.79. The lowest BCUT2D eigenvalue weighted by atomic mass is 10.0. The minimum Gasteiger partial charge on any atom is -0.142 e. The van der Waals surface area contributed by atoms with Crippen LogP contribution in [0.25, 0.3) is 10.1 Å². The summed E-state index contributed by atoms with van der Waals surface area (Å²) in [6.45, 7) is 0. The van der Waals surface area contributed by atoms with Crippen molar-refractivity contribution in [1.29, 1.82) is 0 Å². The van der Waals surface area contributed by atoms with Crippen molar-refractivity contribution in [3.63, 3.8) is 0 Å². The number of benzene rings is 1. The Labute approximate surface area is 128 Å². The van der Waals surface area contributed by atoms with Crippen LogP contribution in [-0.4, -0.2) is 0 Å². The molecule has 3 atom stereocenters. The highest BCUT2D eigenvalue weighted by Crippen LogP contribution is 2.65. The first-order valence-electron chi connectivity index (χ1n) is 6.57. The maximum Gasteiger partial charge on any atom is 0.0488 e. The molecule has 0 saturated heterocycles. The Hall–Kier alpha value is 0.140. The molecular weight excluding hydrogens is 372 g/mol. The van der Waals surface area contributed by atoms with Crippen LogP contribution in [0.4, 0.5) is 0 Å². The van der Waals surface area contributed by atoms with Gasteiger partial charge in [-0.25, -0.2) is 0 Å². The summed E-state index contributed by atoms with van der Waals surface area (Å²) in [6.07, 6.45) is 4.38. The first-order valence-corrected chi connectivity index (χ1v) is 9.16. The smallest absolute Gasteiger partial charge is 0.0488 e. The van der Waals surface area contributed by atoms with Gasteiger partial charge >= 0.3 is 0 Å². The average molecular weight is 386 g/mol. The van der Waals surface area contributed by atoms with Gasteiger partial charge in [0, 0.05) is 14.0 Å². The van der Waals surface area contributed by atoms with Crippen LogP contribution < -0.4 is 0 Å². The quantitative estimate of drug-likeness (QED) is 0.544. The van der Waals surface area contributed by atoms with Crippen molar-refractivity contribution < 1.29 is 0 Å². The van der Waals surface area contributed by atoms with Crippen LogP contribution in [0.5, 0.6) is 0 Å². The van der Waals surface area contributed by atoms with E-state index in [-0.39, 0.29) is 0 Å². The first-order chi connectivity index (χ1) is 8.77. The zero-order valence-corrected chi connectivity index (χ0v) is 13.9. The number of alkyl halides is 1. The summed E-state index contributed by atoms with van der Waals surface area (Å²) in [5.41, 5.74) is 1.51. The predicted molar refractivity (Wildman–Crippen MR) is 85.5 cm³/mol. The van der Waals surface area contributed by atoms with Crippen molar-refractivity contribution in [2.75, 3.05) is 0 Å². The van der Waals surface area contributed by atoms with Crippen molar-refractivity contribution in [2.24, 2.45) is 17.8 Å². The number of hydrogen-bond acceptors (Lipinski definition) is 1. The molecule has 1 aromatic heterocycles. The molecule has 94 valence electrons. The molecule has 0 spiro atoms. The molecule has 1 aromatic carbocycles. The van der Waals surface area contributed by atoms with Crippen LogP contribution >= 0.6 is 43.2 Å². The van der Waals surface area contributed by atoms with Gasteiger partial charge in [-0.15, -0.1) is 11.3 Å². The number of thiophene rings is 1. The lowest BCUT2D eigenvalue weighted by Crippen LogP contribution is -1.97. The van der Waals surface area contributed by atoms with Gasteiger partial charge in [-0.3, -0.25) is 0 Å². The second-order valence-corrected chi connectivity index (χ2v) is 8.27. The van der Waals surface area contributed by atoms with E-state index in [4.69, 9.17) is 0 Å². The fourth-order valence-corrected chi connectivity index (χ4v) is 6.77. The summed E-state index contributed by atoms with van der Waals surface area (Å²) >= 11 is 9.51. The molecule has 0 amide bonds. The summed E-state index contributed by atoms with van der Waals surface area (Å²) in [4.78, 5) is 0.566. The van der Waals surface area contributed by atoms with Crippen LogP contribution in [0, 0.1) is 17.8 Å². The molecular formula is C15H14Br2S. The number of hydrogen-bond donors (Lipinski definition) is 0. The van der Waals surface area contributed by atoms with Gasteiger partial charge in [0.05, 0.1) is 0 Å². The molecule has 2 fully saturated rings. The minimum atomic E-state index is 0.566. The van der Waals surface area contributed by atoms with Gasteiger partial charge in [0.1, 0.15) is 0 Å². The molecule has 0 aliphatic heterocycles. The standard InChI is InChI=1S/C15H14Br2S/c16-12-6-2-5-10-11(7-18-15(10)12)14(17)13-8-3-1-4-9(8)13/h2,5-9,13-14H,1,3-4H2. The van der Waals surface area contributed by atoms with Crippen LogP contribution in [-0.2, 0) is 0 Å². The molecule has 2 aliphatic carbocycles. The number of fused-ring (bicyclic) bond motifs is 2. The molecule has 2 aliphatic rings. The summed E-state index contributed by atoms with van der Waals surface area (Å²) in [5.74, 6) is 2.92. The van der Waals surface area contributed by atoms with E-state index in [2.05, 4.69) is 55.4 Å². The molecule has 0 radical (unpaired) electrons. The van der Waals surface area contributed by atoms with E-state index < -0.39 is 0 Å². The van der Waals surface area contributed by atoms with Crippen molar-refractivity contribution >= 4 is 53.3 Å². The van der Waals surface area contributed by atoms with Gasteiger partial charge in [-0.05, 0) is 68.9 Å². The van der Waals surface area contributed by atoms with Crippen LogP contribution in [0.2, 0.25) is 0 Å².